The fourth-order valence-electron chi connectivity index (χ4n) is 8.01. The zero-order valence-electron chi connectivity index (χ0n) is 20.4. The van der Waals surface area contributed by atoms with Gasteiger partial charge >= 0.3 is 0 Å². The van der Waals surface area contributed by atoms with E-state index in [-0.39, 0.29) is 16.9 Å². The van der Waals surface area contributed by atoms with Crippen molar-refractivity contribution in [2.75, 3.05) is 0 Å². The van der Waals surface area contributed by atoms with Gasteiger partial charge in [-0.3, -0.25) is 0 Å². The number of aliphatic hydroxyl groups excluding tert-OH is 1. The van der Waals surface area contributed by atoms with E-state index in [9.17, 15) is 15.3 Å². The second kappa shape index (κ2) is 8.80. The number of hydrogen-bond donors (Lipinski definition) is 3. The number of aliphatic hydroxyl groups is 2. The number of hydrogen-bond acceptors (Lipinski definition) is 3. The molecule has 2 fully saturated rings. The van der Waals surface area contributed by atoms with Crippen molar-refractivity contribution in [3.63, 3.8) is 0 Å². The van der Waals surface area contributed by atoms with Crippen molar-refractivity contribution in [1.82, 2.24) is 0 Å². The molecule has 0 aromatic heterocycles. The van der Waals surface area contributed by atoms with Gasteiger partial charge in [0.1, 0.15) is 5.75 Å². The maximum Gasteiger partial charge on any atom is 0.115 e. The lowest BCUT2D eigenvalue weighted by atomic mass is 9.44. The van der Waals surface area contributed by atoms with Gasteiger partial charge in [0.2, 0.25) is 0 Å². The minimum Gasteiger partial charge on any atom is -0.508 e. The number of allylic oxidation sites excluding steroid dienone is 1. The second-order valence-corrected chi connectivity index (χ2v) is 12.1. The van der Waals surface area contributed by atoms with Crippen LogP contribution in [-0.4, -0.2) is 27.0 Å². The molecular formula is C29H44O3. The minimum atomic E-state index is -0.563. The van der Waals surface area contributed by atoms with Crippen LogP contribution in [0, 0.1) is 22.7 Å². The molecule has 178 valence electrons. The highest BCUT2D eigenvalue weighted by Crippen LogP contribution is 2.69. The van der Waals surface area contributed by atoms with Gasteiger partial charge in [-0.25, -0.2) is 0 Å². The minimum absolute atomic E-state index is 0.0231. The molecule has 3 heteroatoms. The van der Waals surface area contributed by atoms with E-state index >= 15 is 0 Å². The zero-order valence-corrected chi connectivity index (χ0v) is 20.4. The number of phenolic OH excluding ortho intramolecular Hbond substituents is 1. The molecule has 0 bridgehead atoms. The molecule has 1 aromatic carbocycles. The summed E-state index contributed by atoms with van der Waals surface area (Å²) >= 11 is 0. The first-order valence-corrected chi connectivity index (χ1v) is 13.0. The fourth-order valence-corrected chi connectivity index (χ4v) is 8.01. The first kappa shape index (κ1) is 23.8. The Bertz CT molecular complexity index is 824. The number of unbranched alkanes of at least 4 members (excludes halogenated alkanes) is 3. The van der Waals surface area contributed by atoms with Gasteiger partial charge in [0.15, 0.2) is 0 Å². The lowest BCUT2D eigenvalue weighted by Gasteiger charge is -2.60. The Morgan fingerprint density at radius 1 is 1.16 bits per heavy atom. The summed E-state index contributed by atoms with van der Waals surface area (Å²) in [6.07, 6.45) is 13.9. The van der Waals surface area contributed by atoms with Crippen LogP contribution in [-0.2, 0) is 6.42 Å². The highest BCUT2D eigenvalue weighted by atomic mass is 16.3. The lowest BCUT2D eigenvalue weighted by Crippen LogP contribution is -2.54. The molecule has 1 aromatic rings. The Balaban J connectivity index is 1.58. The van der Waals surface area contributed by atoms with Gasteiger partial charge in [0.25, 0.3) is 0 Å². The van der Waals surface area contributed by atoms with E-state index in [1.165, 1.54) is 36.8 Å². The highest BCUT2D eigenvalue weighted by molar-refractivity contribution is 5.43. The van der Waals surface area contributed by atoms with Crippen LogP contribution in [0.2, 0.25) is 0 Å². The van der Waals surface area contributed by atoms with Crippen LogP contribution < -0.4 is 0 Å². The monoisotopic (exact) mass is 440 g/mol. The molecule has 0 amide bonds. The van der Waals surface area contributed by atoms with E-state index in [4.69, 9.17) is 0 Å². The van der Waals surface area contributed by atoms with Gasteiger partial charge in [0.05, 0.1) is 11.7 Å². The quantitative estimate of drug-likeness (QED) is 0.319. The summed E-state index contributed by atoms with van der Waals surface area (Å²) < 4.78 is 0. The Kier molecular flexibility index (Phi) is 6.55. The number of aromatic hydroxyl groups is 1. The third-order valence-electron chi connectivity index (χ3n) is 9.47. The van der Waals surface area contributed by atoms with Crippen molar-refractivity contribution in [3.05, 3.63) is 42.0 Å². The second-order valence-electron chi connectivity index (χ2n) is 12.1. The molecule has 3 aliphatic rings. The average Bonchev–Trinajstić information content (AvgIpc) is 3.04. The molecule has 32 heavy (non-hydrogen) atoms. The van der Waals surface area contributed by atoms with Gasteiger partial charge in [-0.1, -0.05) is 44.7 Å². The normalized spacial score (nSPS) is 36.3. The van der Waals surface area contributed by atoms with Gasteiger partial charge in [0, 0.05) is 0 Å². The molecule has 3 N–H and O–H groups in total. The Morgan fingerprint density at radius 3 is 2.62 bits per heavy atom. The third-order valence-corrected chi connectivity index (χ3v) is 9.47. The van der Waals surface area contributed by atoms with Crippen LogP contribution >= 0.6 is 0 Å². The molecular weight excluding hydrogens is 396 g/mol. The van der Waals surface area contributed by atoms with Crippen molar-refractivity contribution in [1.29, 1.82) is 0 Å². The van der Waals surface area contributed by atoms with Crippen molar-refractivity contribution in [2.45, 2.75) is 109 Å². The molecule has 3 nitrogen and oxygen atoms in total. The SMILES string of the molecule is C=C[C@@]12CCc3cc(O)ccc3[C@H]1C(CCCCCCC(C)(C)O)C[C@@]1(C)[C@H]2CC[C@@H]1O. The molecule has 0 heterocycles. The predicted octanol–water partition coefficient (Wildman–Crippen LogP) is 6.50. The number of aryl methyl sites for hydroxylation is 1. The molecule has 0 aliphatic heterocycles. The van der Waals surface area contributed by atoms with Crippen molar-refractivity contribution in [3.8, 4) is 5.75 Å². The fraction of sp³-hybridized carbons (Fsp3) is 0.724. The number of rotatable bonds is 8. The summed E-state index contributed by atoms with van der Waals surface area (Å²) in [4.78, 5) is 0. The highest BCUT2D eigenvalue weighted by Gasteiger charge is 2.63. The average molecular weight is 441 g/mol. The first-order valence-electron chi connectivity index (χ1n) is 13.0. The standard InChI is InChI=1S/C29H44O3/c1-5-29-17-15-20-18-22(30)11-12-23(20)26(29)21(10-8-6-7-9-16-27(2,3)32)19-28(4)24(29)13-14-25(28)31/h5,11-12,18,21,24-26,30-32H,1,6-10,13-17,19H2,2-4H3/t21?,24-,25+,26-,28+,29+/m1/s1. The summed E-state index contributed by atoms with van der Waals surface area (Å²) in [5, 5.41) is 31.1. The molecule has 2 saturated carbocycles. The Hall–Kier alpha value is -1.32. The van der Waals surface area contributed by atoms with E-state index < -0.39 is 5.60 Å². The number of phenols is 1. The van der Waals surface area contributed by atoms with Crippen molar-refractivity contribution < 1.29 is 15.3 Å². The van der Waals surface area contributed by atoms with E-state index in [2.05, 4.69) is 25.6 Å². The Morgan fingerprint density at radius 2 is 1.91 bits per heavy atom. The summed E-state index contributed by atoms with van der Waals surface area (Å²) in [6.45, 7) is 10.5. The number of benzene rings is 1. The largest absolute Gasteiger partial charge is 0.508 e. The lowest BCUT2D eigenvalue weighted by molar-refractivity contribution is -0.0812. The van der Waals surface area contributed by atoms with Gasteiger partial charge in [-0.05, 0) is 111 Å². The van der Waals surface area contributed by atoms with Crippen molar-refractivity contribution in [2.24, 2.45) is 22.7 Å². The summed E-state index contributed by atoms with van der Waals surface area (Å²) in [7, 11) is 0. The molecule has 0 radical (unpaired) electrons. The maximum absolute atomic E-state index is 11.1. The van der Waals surface area contributed by atoms with E-state index in [1.807, 2.05) is 26.0 Å². The van der Waals surface area contributed by atoms with E-state index in [0.717, 1.165) is 44.9 Å². The topological polar surface area (TPSA) is 60.7 Å². The van der Waals surface area contributed by atoms with Crippen LogP contribution in [0.3, 0.4) is 0 Å². The van der Waals surface area contributed by atoms with Crippen LogP contribution in [0.15, 0.2) is 30.9 Å². The molecule has 6 atom stereocenters. The predicted molar refractivity (Wildman–Crippen MR) is 131 cm³/mol. The molecule has 0 saturated heterocycles. The van der Waals surface area contributed by atoms with E-state index in [0.29, 0.717) is 23.5 Å². The Labute approximate surface area is 195 Å². The van der Waals surface area contributed by atoms with E-state index in [1.54, 1.807) is 0 Å². The summed E-state index contributed by atoms with van der Waals surface area (Å²) in [5.74, 6) is 1.82. The molecule has 0 spiro atoms. The smallest absolute Gasteiger partial charge is 0.115 e. The summed E-state index contributed by atoms with van der Waals surface area (Å²) in [6, 6.07) is 6.02. The van der Waals surface area contributed by atoms with Crippen LogP contribution in [0.5, 0.6) is 5.75 Å². The molecule has 4 rings (SSSR count). The van der Waals surface area contributed by atoms with Gasteiger partial charge in [-0.2, -0.15) is 0 Å². The zero-order chi connectivity index (χ0) is 23.1. The van der Waals surface area contributed by atoms with Crippen molar-refractivity contribution >= 4 is 0 Å². The van der Waals surface area contributed by atoms with Gasteiger partial charge in [-0.15, -0.1) is 6.58 Å². The number of fused-ring (bicyclic) bond motifs is 5. The third kappa shape index (κ3) is 4.16. The van der Waals surface area contributed by atoms with Gasteiger partial charge < -0.3 is 15.3 Å². The van der Waals surface area contributed by atoms with Crippen LogP contribution in [0.4, 0.5) is 0 Å². The molecule has 3 aliphatic carbocycles. The summed E-state index contributed by atoms with van der Waals surface area (Å²) in [5.41, 5.74) is 2.19. The maximum atomic E-state index is 11.1. The molecule has 1 unspecified atom stereocenters. The van der Waals surface area contributed by atoms with Crippen LogP contribution in [0.25, 0.3) is 0 Å². The first-order chi connectivity index (χ1) is 15.1. The van der Waals surface area contributed by atoms with Crippen LogP contribution in [0.1, 0.15) is 102 Å².